The highest BCUT2D eigenvalue weighted by molar-refractivity contribution is 5.71. The molecule has 18 heavy (non-hydrogen) atoms. The first-order valence-corrected chi connectivity index (χ1v) is 6.50. The van der Waals surface area contributed by atoms with Crippen LogP contribution in [0.2, 0.25) is 0 Å². The Morgan fingerprint density at radius 3 is 2.33 bits per heavy atom. The van der Waals surface area contributed by atoms with Crippen molar-refractivity contribution in [2.75, 3.05) is 0 Å². The van der Waals surface area contributed by atoms with Gasteiger partial charge in [-0.3, -0.25) is 0 Å². The summed E-state index contributed by atoms with van der Waals surface area (Å²) in [6.07, 6.45) is 1.84. The molecular formula is C15H23N3. The van der Waals surface area contributed by atoms with E-state index in [1.165, 1.54) is 0 Å². The molecule has 0 aliphatic heterocycles. The SMILES string of the molecule is CC(C)(C)Cn1c(C(C)(C)C)nc2cccnc21. The standard InChI is InChI=1S/C15H23N3/c1-14(2,3)10-18-12-11(8-7-9-16-12)17-13(18)15(4,5)6/h7-9H,10H2,1-6H3. The van der Waals surface area contributed by atoms with Gasteiger partial charge < -0.3 is 4.57 Å². The quantitative estimate of drug-likeness (QED) is 0.765. The third-order valence-corrected chi connectivity index (χ3v) is 2.81. The molecule has 0 N–H and O–H groups in total. The van der Waals surface area contributed by atoms with Crippen molar-refractivity contribution >= 4 is 11.2 Å². The lowest BCUT2D eigenvalue weighted by Crippen LogP contribution is -2.24. The van der Waals surface area contributed by atoms with E-state index in [-0.39, 0.29) is 10.8 Å². The molecule has 2 aromatic rings. The number of rotatable bonds is 1. The van der Waals surface area contributed by atoms with E-state index < -0.39 is 0 Å². The summed E-state index contributed by atoms with van der Waals surface area (Å²) in [4.78, 5) is 9.27. The number of hydrogen-bond acceptors (Lipinski definition) is 2. The zero-order valence-corrected chi connectivity index (χ0v) is 12.3. The highest BCUT2D eigenvalue weighted by Gasteiger charge is 2.25. The molecule has 2 rings (SSSR count). The second-order valence-corrected chi connectivity index (χ2v) is 7.18. The van der Waals surface area contributed by atoms with E-state index >= 15 is 0 Å². The maximum absolute atomic E-state index is 4.77. The fourth-order valence-corrected chi connectivity index (χ4v) is 2.16. The Bertz CT molecular complexity index is 553. The van der Waals surface area contributed by atoms with Crippen molar-refractivity contribution in [1.29, 1.82) is 0 Å². The van der Waals surface area contributed by atoms with Gasteiger partial charge >= 0.3 is 0 Å². The van der Waals surface area contributed by atoms with Crippen molar-refractivity contribution in [2.24, 2.45) is 5.41 Å². The van der Waals surface area contributed by atoms with Crippen molar-refractivity contribution in [3.8, 4) is 0 Å². The van der Waals surface area contributed by atoms with Gasteiger partial charge in [0.25, 0.3) is 0 Å². The fourth-order valence-electron chi connectivity index (χ4n) is 2.16. The molecule has 2 aromatic heterocycles. The van der Waals surface area contributed by atoms with Crippen molar-refractivity contribution in [2.45, 2.75) is 53.5 Å². The van der Waals surface area contributed by atoms with Gasteiger partial charge in [0.2, 0.25) is 0 Å². The smallest absolute Gasteiger partial charge is 0.160 e. The van der Waals surface area contributed by atoms with Crippen LogP contribution in [0.25, 0.3) is 11.2 Å². The molecule has 0 unspecified atom stereocenters. The number of nitrogens with zero attached hydrogens (tertiary/aromatic N) is 3. The molecular weight excluding hydrogens is 222 g/mol. The van der Waals surface area contributed by atoms with E-state index in [0.29, 0.717) is 0 Å². The summed E-state index contributed by atoms with van der Waals surface area (Å²) in [5.41, 5.74) is 2.24. The van der Waals surface area contributed by atoms with Crippen LogP contribution in [0.15, 0.2) is 18.3 Å². The van der Waals surface area contributed by atoms with Gasteiger partial charge in [-0.15, -0.1) is 0 Å². The molecule has 0 radical (unpaired) electrons. The predicted octanol–water partition coefficient (Wildman–Crippen LogP) is 3.77. The Hall–Kier alpha value is -1.38. The average molecular weight is 245 g/mol. The monoisotopic (exact) mass is 245 g/mol. The summed E-state index contributed by atoms with van der Waals surface area (Å²) in [5.74, 6) is 1.12. The van der Waals surface area contributed by atoms with E-state index in [2.05, 4.69) is 51.1 Å². The van der Waals surface area contributed by atoms with Crippen molar-refractivity contribution in [3.63, 3.8) is 0 Å². The average Bonchev–Trinajstić information content (AvgIpc) is 2.55. The summed E-state index contributed by atoms with van der Waals surface area (Å²) in [6, 6.07) is 3.99. The van der Waals surface area contributed by atoms with E-state index in [1.54, 1.807) is 0 Å². The number of hydrogen-bond donors (Lipinski definition) is 0. The largest absolute Gasteiger partial charge is 0.312 e. The molecule has 0 aliphatic rings. The van der Waals surface area contributed by atoms with Crippen LogP contribution in [0.3, 0.4) is 0 Å². The van der Waals surface area contributed by atoms with Crippen molar-refractivity contribution in [3.05, 3.63) is 24.2 Å². The Morgan fingerprint density at radius 2 is 1.78 bits per heavy atom. The first kappa shape index (κ1) is 13.1. The third kappa shape index (κ3) is 2.55. The first-order valence-electron chi connectivity index (χ1n) is 6.50. The molecule has 3 nitrogen and oxygen atoms in total. The van der Waals surface area contributed by atoms with Crippen LogP contribution in [-0.2, 0) is 12.0 Å². The van der Waals surface area contributed by atoms with Crippen LogP contribution in [0, 0.1) is 5.41 Å². The lowest BCUT2D eigenvalue weighted by Gasteiger charge is -2.25. The molecule has 0 saturated carbocycles. The van der Waals surface area contributed by atoms with Crippen LogP contribution in [0.5, 0.6) is 0 Å². The third-order valence-electron chi connectivity index (χ3n) is 2.81. The number of imidazole rings is 1. The molecule has 0 spiro atoms. The number of aromatic nitrogens is 3. The molecule has 98 valence electrons. The molecule has 0 fully saturated rings. The number of fused-ring (bicyclic) bond motifs is 1. The molecule has 0 atom stereocenters. The van der Waals surface area contributed by atoms with E-state index in [0.717, 1.165) is 23.5 Å². The molecule has 0 aromatic carbocycles. The summed E-state index contributed by atoms with van der Waals surface area (Å²) in [7, 11) is 0. The second kappa shape index (κ2) is 4.08. The van der Waals surface area contributed by atoms with Crippen molar-refractivity contribution < 1.29 is 0 Å². The Labute approximate surface area is 109 Å². The highest BCUT2D eigenvalue weighted by atomic mass is 15.1. The summed E-state index contributed by atoms with van der Waals surface area (Å²) in [6.45, 7) is 14.3. The topological polar surface area (TPSA) is 30.7 Å². The van der Waals surface area contributed by atoms with Crippen LogP contribution in [-0.4, -0.2) is 14.5 Å². The molecule has 0 bridgehead atoms. The molecule has 0 aliphatic carbocycles. The van der Waals surface area contributed by atoms with Gasteiger partial charge in [0.15, 0.2) is 5.65 Å². The fraction of sp³-hybridized carbons (Fsp3) is 0.600. The van der Waals surface area contributed by atoms with Gasteiger partial charge in [-0.1, -0.05) is 41.5 Å². The predicted molar refractivity (Wildman–Crippen MR) is 75.7 cm³/mol. The zero-order valence-electron chi connectivity index (χ0n) is 12.3. The minimum absolute atomic E-state index is 0.0337. The van der Waals surface area contributed by atoms with Crippen LogP contribution >= 0.6 is 0 Å². The van der Waals surface area contributed by atoms with Gasteiger partial charge in [0.05, 0.1) is 0 Å². The molecule has 0 amide bonds. The van der Waals surface area contributed by atoms with Gasteiger partial charge in [-0.2, -0.15) is 0 Å². The molecule has 3 heteroatoms. The van der Waals surface area contributed by atoms with E-state index in [1.807, 2.05) is 18.3 Å². The Kier molecular flexibility index (Phi) is 2.96. The van der Waals surface area contributed by atoms with Gasteiger partial charge in [-0.25, -0.2) is 9.97 Å². The summed E-state index contributed by atoms with van der Waals surface area (Å²) >= 11 is 0. The summed E-state index contributed by atoms with van der Waals surface area (Å²) < 4.78 is 2.27. The Morgan fingerprint density at radius 1 is 1.11 bits per heavy atom. The van der Waals surface area contributed by atoms with E-state index in [4.69, 9.17) is 4.98 Å². The maximum Gasteiger partial charge on any atom is 0.160 e. The maximum atomic E-state index is 4.77. The van der Waals surface area contributed by atoms with Crippen molar-refractivity contribution in [1.82, 2.24) is 14.5 Å². The van der Waals surface area contributed by atoms with Crippen LogP contribution in [0.4, 0.5) is 0 Å². The van der Waals surface area contributed by atoms with Crippen LogP contribution < -0.4 is 0 Å². The minimum Gasteiger partial charge on any atom is -0.312 e. The lowest BCUT2D eigenvalue weighted by molar-refractivity contribution is 0.331. The second-order valence-electron chi connectivity index (χ2n) is 7.18. The lowest BCUT2D eigenvalue weighted by atomic mass is 9.93. The molecule has 0 saturated heterocycles. The number of pyridine rings is 1. The molecule has 2 heterocycles. The minimum atomic E-state index is 0.0337. The van der Waals surface area contributed by atoms with E-state index in [9.17, 15) is 0 Å². The highest BCUT2D eigenvalue weighted by Crippen LogP contribution is 2.28. The summed E-state index contributed by atoms with van der Waals surface area (Å²) in [5, 5.41) is 0. The van der Waals surface area contributed by atoms with Gasteiger partial charge in [0.1, 0.15) is 11.3 Å². The zero-order chi connectivity index (χ0) is 13.6. The van der Waals surface area contributed by atoms with Crippen LogP contribution in [0.1, 0.15) is 47.4 Å². The normalized spacial score (nSPS) is 13.2. The Balaban J connectivity index is 2.66. The van der Waals surface area contributed by atoms with Gasteiger partial charge in [0, 0.05) is 18.2 Å². The first-order chi connectivity index (χ1) is 8.18. The van der Waals surface area contributed by atoms with Gasteiger partial charge in [-0.05, 0) is 17.5 Å².